The van der Waals surface area contributed by atoms with Gasteiger partial charge in [-0.1, -0.05) is 12.1 Å². The van der Waals surface area contributed by atoms with Crippen molar-refractivity contribution in [3.63, 3.8) is 0 Å². The Labute approximate surface area is 180 Å². The zero-order valence-corrected chi connectivity index (χ0v) is 16.5. The number of hydrogen-bond acceptors (Lipinski definition) is 4. The number of fused-ring (bicyclic) bond motifs is 1. The molecule has 0 aliphatic carbocycles. The normalized spacial score (nSPS) is 11.5. The van der Waals surface area contributed by atoms with Crippen LogP contribution in [0.4, 0.5) is 13.2 Å². The highest BCUT2D eigenvalue weighted by atomic mass is 19.4. The van der Waals surface area contributed by atoms with Crippen molar-refractivity contribution in [2.75, 3.05) is 6.61 Å². The highest BCUT2D eigenvalue weighted by Crippen LogP contribution is 2.28. The van der Waals surface area contributed by atoms with Crippen LogP contribution in [0.2, 0.25) is 0 Å². The summed E-state index contributed by atoms with van der Waals surface area (Å²) in [5.74, 6) is -1.08. The molecular formula is C23H17F3N2O4. The highest BCUT2D eigenvalue weighted by Gasteiger charge is 2.31. The molecule has 4 aromatic rings. The van der Waals surface area contributed by atoms with Crippen LogP contribution in [-0.4, -0.2) is 33.6 Å². The molecule has 32 heavy (non-hydrogen) atoms. The summed E-state index contributed by atoms with van der Waals surface area (Å²) in [5, 5.41) is 10.4. The van der Waals surface area contributed by atoms with E-state index in [1.807, 2.05) is 30.3 Å². The maximum atomic E-state index is 12.2. The third kappa shape index (κ3) is 4.83. The summed E-state index contributed by atoms with van der Waals surface area (Å²) in [4.78, 5) is 15.9. The zero-order chi connectivity index (χ0) is 22.7. The Morgan fingerprint density at radius 2 is 1.75 bits per heavy atom. The van der Waals surface area contributed by atoms with Crippen molar-refractivity contribution in [2.45, 2.75) is 12.9 Å². The van der Waals surface area contributed by atoms with E-state index in [1.54, 1.807) is 23.0 Å². The first-order chi connectivity index (χ1) is 15.3. The van der Waals surface area contributed by atoms with E-state index < -0.39 is 12.3 Å². The molecule has 0 saturated heterocycles. The molecule has 6 nitrogen and oxygen atoms in total. The summed E-state index contributed by atoms with van der Waals surface area (Å²) in [6.45, 7) is 0.353. The third-order valence-corrected chi connectivity index (χ3v) is 4.76. The smallest absolute Gasteiger partial charge is 0.492 e. The number of carbonyl (C=O) groups is 1. The van der Waals surface area contributed by atoms with Gasteiger partial charge in [-0.05, 0) is 54.1 Å². The lowest BCUT2D eigenvalue weighted by molar-refractivity contribution is -0.274. The van der Waals surface area contributed by atoms with Crippen LogP contribution in [0.1, 0.15) is 10.5 Å². The maximum Gasteiger partial charge on any atom is 0.573 e. The molecule has 0 atom stereocenters. The summed E-state index contributed by atoms with van der Waals surface area (Å²) >= 11 is 0. The molecule has 2 aromatic heterocycles. The van der Waals surface area contributed by atoms with Crippen LogP contribution in [0.25, 0.3) is 22.0 Å². The van der Waals surface area contributed by atoms with E-state index in [1.165, 1.54) is 12.1 Å². The summed E-state index contributed by atoms with van der Waals surface area (Å²) in [7, 11) is 0. The maximum absolute atomic E-state index is 12.2. The van der Waals surface area contributed by atoms with E-state index in [2.05, 4.69) is 9.72 Å². The van der Waals surface area contributed by atoms with Crippen molar-refractivity contribution in [1.29, 1.82) is 0 Å². The molecular weight excluding hydrogens is 425 g/mol. The van der Waals surface area contributed by atoms with Gasteiger partial charge in [0, 0.05) is 28.9 Å². The minimum atomic E-state index is -4.76. The number of ether oxygens (including phenoxy) is 2. The number of carboxylic acids is 1. The van der Waals surface area contributed by atoms with Crippen molar-refractivity contribution in [2.24, 2.45) is 0 Å². The first-order valence-corrected chi connectivity index (χ1v) is 9.56. The lowest BCUT2D eigenvalue weighted by Crippen LogP contribution is -2.17. The average molecular weight is 442 g/mol. The van der Waals surface area contributed by atoms with Crippen LogP contribution < -0.4 is 9.47 Å². The van der Waals surface area contributed by atoms with E-state index in [9.17, 15) is 23.1 Å². The number of pyridine rings is 1. The Morgan fingerprint density at radius 3 is 2.41 bits per heavy atom. The van der Waals surface area contributed by atoms with Crippen LogP contribution in [0, 0.1) is 0 Å². The molecule has 0 fully saturated rings. The Morgan fingerprint density at radius 1 is 1.00 bits per heavy atom. The van der Waals surface area contributed by atoms with Crippen molar-refractivity contribution in [3.8, 4) is 22.6 Å². The molecule has 0 spiro atoms. The summed E-state index contributed by atoms with van der Waals surface area (Å²) in [6, 6.07) is 16.0. The molecule has 2 aromatic carbocycles. The fraction of sp³-hybridized carbons (Fsp3) is 0.130. The second kappa shape index (κ2) is 8.62. The molecule has 1 N–H and O–H groups in total. The van der Waals surface area contributed by atoms with E-state index in [4.69, 9.17) is 4.74 Å². The fourth-order valence-corrected chi connectivity index (χ4v) is 3.39. The van der Waals surface area contributed by atoms with Gasteiger partial charge in [-0.3, -0.25) is 4.98 Å². The molecule has 0 aliphatic heterocycles. The lowest BCUT2D eigenvalue weighted by Gasteiger charge is -2.12. The Kier molecular flexibility index (Phi) is 5.72. The predicted molar refractivity (Wildman–Crippen MR) is 111 cm³/mol. The highest BCUT2D eigenvalue weighted by molar-refractivity contribution is 5.96. The van der Waals surface area contributed by atoms with Crippen LogP contribution in [0.5, 0.6) is 11.5 Å². The minimum Gasteiger partial charge on any atom is -0.492 e. The van der Waals surface area contributed by atoms with Gasteiger partial charge in [-0.15, -0.1) is 13.2 Å². The number of alkyl halides is 3. The van der Waals surface area contributed by atoms with Gasteiger partial charge in [-0.2, -0.15) is 0 Å². The molecule has 164 valence electrons. The Hall–Kier alpha value is -4.01. The summed E-state index contributed by atoms with van der Waals surface area (Å²) < 4.78 is 47.8. The SMILES string of the molecule is O=C(O)c1cc2cc(-c3cccnc3)ccc2n1CCOc1ccc(OC(F)(F)F)cc1. The number of aromatic carboxylic acids is 1. The molecule has 0 saturated carbocycles. The van der Waals surface area contributed by atoms with Crippen molar-refractivity contribution in [3.05, 3.63) is 78.8 Å². The van der Waals surface area contributed by atoms with Crippen molar-refractivity contribution in [1.82, 2.24) is 9.55 Å². The lowest BCUT2D eigenvalue weighted by atomic mass is 10.1. The number of rotatable bonds is 7. The molecule has 0 amide bonds. The number of carboxylic acid groups (broad SMARTS) is 1. The van der Waals surface area contributed by atoms with E-state index in [0.717, 1.165) is 34.2 Å². The van der Waals surface area contributed by atoms with Gasteiger partial charge in [0.25, 0.3) is 0 Å². The Balaban J connectivity index is 1.51. The van der Waals surface area contributed by atoms with Gasteiger partial charge in [0.15, 0.2) is 0 Å². The van der Waals surface area contributed by atoms with Crippen molar-refractivity contribution < 1.29 is 32.5 Å². The summed E-state index contributed by atoms with van der Waals surface area (Å²) in [6.07, 6.45) is -1.35. The van der Waals surface area contributed by atoms with Crippen LogP contribution in [-0.2, 0) is 6.54 Å². The quantitative estimate of drug-likeness (QED) is 0.416. The van der Waals surface area contributed by atoms with Gasteiger partial charge in [0.05, 0.1) is 6.54 Å². The average Bonchev–Trinajstić information content (AvgIpc) is 3.13. The molecule has 0 aliphatic rings. The molecule has 0 bridgehead atoms. The van der Waals surface area contributed by atoms with E-state index >= 15 is 0 Å². The topological polar surface area (TPSA) is 73.6 Å². The minimum absolute atomic E-state index is 0.112. The number of aromatic nitrogens is 2. The second-order valence-electron chi connectivity index (χ2n) is 6.87. The van der Waals surface area contributed by atoms with Crippen LogP contribution in [0.3, 0.4) is 0 Å². The first kappa shape index (κ1) is 21.2. The monoisotopic (exact) mass is 442 g/mol. The van der Waals surface area contributed by atoms with Gasteiger partial charge >= 0.3 is 12.3 Å². The van der Waals surface area contributed by atoms with Gasteiger partial charge in [-0.25, -0.2) is 4.79 Å². The first-order valence-electron chi connectivity index (χ1n) is 9.56. The van der Waals surface area contributed by atoms with Gasteiger partial charge in [0.1, 0.15) is 23.8 Å². The Bertz CT molecular complexity index is 1240. The van der Waals surface area contributed by atoms with Crippen LogP contribution in [0.15, 0.2) is 73.1 Å². The van der Waals surface area contributed by atoms with Crippen LogP contribution >= 0.6 is 0 Å². The zero-order valence-electron chi connectivity index (χ0n) is 16.5. The van der Waals surface area contributed by atoms with Gasteiger partial charge < -0.3 is 19.1 Å². The molecule has 4 rings (SSSR count). The standard InChI is InChI=1S/C23H17F3N2O4/c24-23(25,26)32-19-6-4-18(5-7-19)31-11-10-28-20-8-3-15(16-2-1-9-27-14-16)12-17(20)13-21(28)22(29)30/h1-9,12-14H,10-11H2,(H,29,30). The molecule has 0 radical (unpaired) electrons. The number of nitrogens with zero attached hydrogens (tertiary/aromatic N) is 2. The largest absolute Gasteiger partial charge is 0.573 e. The van der Waals surface area contributed by atoms with E-state index in [0.29, 0.717) is 5.75 Å². The third-order valence-electron chi connectivity index (χ3n) is 4.76. The van der Waals surface area contributed by atoms with Gasteiger partial charge in [0.2, 0.25) is 0 Å². The number of hydrogen-bond donors (Lipinski definition) is 1. The molecule has 9 heteroatoms. The van der Waals surface area contributed by atoms with Crippen molar-refractivity contribution >= 4 is 16.9 Å². The number of halogens is 3. The number of benzene rings is 2. The van der Waals surface area contributed by atoms with E-state index in [-0.39, 0.29) is 24.6 Å². The second-order valence-corrected chi connectivity index (χ2v) is 6.87. The fourth-order valence-electron chi connectivity index (χ4n) is 3.39. The predicted octanol–water partition coefficient (Wildman–Crippen LogP) is 5.38. The summed E-state index contributed by atoms with van der Waals surface area (Å²) in [5.41, 5.74) is 2.67. The molecule has 2 heterocycles. The molecule has 0 unspecified atom stereocenters.